The number of benzene rings is 1. The summed E-state index contributed by atoms with van der Waals surface area (Å²) in [4.78, 5) is 23.5. The number of hydrogen-bond donors (Lipinski definition) is 0. The van der Waals surface area contributed by atoms with Crippen molar-refractivity contribution in [3.8, 4) is 22.8 Å². The van der Waals surface area contributed by atoms with Crippen molar-refractivity contribution in [2.45, 2.75) is 6.92 Å². The van der Waals surface area contributed by atoms with Crippen LogP contribution in [0.25, 0.3) is 22.6 Å². The number of fused-ring (bicyclic) bond motifs is 2. The number of ether oxygens (including phenoxy) is 1. The Hall–Kier alpha value is -3.68. The number of anilines is 1. The number of aryl methyl sites for hydroxylation is 1. The van der Waals surface area contributed by atoms with Crippen LogP contribution in [0.4, 0.5) is 5.69 Å². The van der Waals surface area contributed by atoms with Crippen molar-refractivity contribution in [1.82, 2.24) is 24.1 Å². The normalized spacial score (nSPS) is 13.4. The van der Waals surface area contributed by atoms with Crippen LogP contribution in [0.15, 0.2) is 53.7 Å². The Kier molecular flexibility index (Phi) is 3.65. The first kappa shape index (κ1) is 16.5. The summed E-state index contributed by atoms with van der Waals surface area (Å²) in [6.07, 6.45) is 4.81. The highest BCUT2D eigenvalue weighted by Gasteiger charge is 2.22. The fraction of sp³-hybridized carbons (Fsp3) is 0.200. The SMILES string of the molecule is Cc1c(-c2cccc3c2OCCN3C)cc2cnn(-c3ncccn3)c(=O)n12. The van der Waals surface area contributed by atoms with Crippen molar-refractivity contribution in [2.24, 2.45) is 0 Å². The maximum atomic E-state index is 13.1. The molecule has 0 spiro atoms. The maximum absolute atomic E-state index is 13.1. The Labute approximate surface area is 160 Å². The number of nitrogens with zero attached hydrogens (tertiary/aromatic N) is 6. The lowest BCUT2D eigenvalue weighted by Crippen LogP contribution is -2.29. The van der Waals surface area contributed by atoms with Crippen LogP contribution in [-0.4, -0.2) is 44.3 Å². The van der Waals surface area contributed by atoms with Gasteiger partial charge in [-0.15, -0.1) is 4.68 Å². The van der Waals surface area contributed by atoms with E-state index in [-0.39, 0.29) is 11.6 Å². The van der Waals surface area contributed by atoms with Gasteiger partial charge in [-0.05, 0) is 25.1 Å². The molecular formula is C20H18N6O2. The van der Waals surface area contributed by atoms with Gasteiger partial charge in [0.1, 0.15) is 6.61 Å². The summed E-state index contributed by atoms with van der Waals surface area (Å²) in [5.74, 6) is 1.08. The average molecular weight is 374 g/mol. The van der Waals surface area contributed by atoms with E-state index in [1.807, 2.05) is 31.2 Å². The molecule has 0 unspecified atom stereocenters. The molecule has 0 fully saturated rings. The Bertz CT molecular complexity index is 1250. The molecule has 3 aromatic heterocycles. The van der Waals surface area contributed by atoms with Gasteiger partial charge in [-0.1, -0.05) is 12.1 Å². The smallest absolute Gasteiger partial charge is 0.356 e. The van der Waals surface area contributed by atoms with Crippen LogP contribution in [0.1, 0.15) is 5.69 Å². The van der Waals surface area contributed by atoms with E-state index >= 15 is 0 Å². The molecule has 4 aromatic rings. The van der Waals surface area contributed by atoms with E-state index in [2.05, 4.69) is 27.0 Å². The van der Waals surface area contributed by atoms with Gasteiger partial charge in [-0.25, -0.2) is 14.8 Å². The molecule has 5 rings (SSSR count). The van der Waals surface area contributed by atoms with Gasteiger partial charge < -0.3 is 9.64 Å². The summed E-state index contributed by atoms with van der Waals surface area (Å²) in [6, 6.07) is 9.74. The van der Waals surface area contributed by atoms with Gasteiger partial charge in [0.25, 0.3) is 5.95 Å². The lowest BCUT2D eigenvalue weighted by atomic mass is 10.0. The number of para-hydroxylation sites is 1. The highest BCUT2D eigenvalue weighted by molar-refractivity contribution is 5.83. The third kappa shape index (κ3) is 2.38. The molecule has 28 heavy (non-hydrogen) atoms. The Morgan fingerprint density at radius 3 is 2.75 bits per heavy atom. The van der Waals surface area contributed by atoms with Gasteiger partial charge in [0.15, 0.2) is 5.75 Å². The van der Waals surface area contributed by atoms with E-state index in [1.54, 1.807) is 29.1 Å². The monoisotopic (exact) mass is 374 g/mol. The van der Waals surface area contributed by atoms with Gasteiger partial charge in [0, 0.05) is 36.3 Å². The molecule has 8 nitrogen and oxygen atoms in total. The number of hydrogen-bond acceptors (Lipinski definition) is 6. The van der Waals surface area contributed by atoms with Crippen LogP contribution in [0, 0.1) is 6.92 Å². The molecule has 8 heteroatoms. The zero-order valence-electron chi connectivity index (χ0n) is 15.5. The van der Waals surface area contributed by atoms with E-state index < -0.39 is 0 Å². The molecule has 140 valence electrons. The van der Waals surface area contributed by atoms with Crippen LogP contribution in [0.5, 0.6) is 5.75 Å². The Balaban J connectivity index is 1.74. The predicted molar refractivity (Wildman–Crippen MR) is 105 cm³/mol. The second-order valence-corrected chi connectivity index (χ2v) is 6.72. The van der Waals surface area contributed by atoms with Crippen LogP contribution < -0.4 is 15.3 Å². The van der Waals surface area contributed by atoms with Crippen molar-refractivity contribution >= 4 is 11.2 Å². The first-order valence-corrected chi connectivity index (χ1v) is 9.00. The molecule has 0 radical (unpaired) electrons. The van der Waals surface area contributed by atoms with E-state index in [9.17, 15) is 4.79 Å². The minimum absolute atomic E-state index is 0.242. The van der Waals surface area contributed by atoms with E-state index in [1.165, 1.54) is 4.68 Å². The highest BCUT2D eigenvalue weighted by Crippen LogP contribution is 2.41. The molecule has 0 saturated heterocycles. The van der Waals surface area contributed by atoms with Gasteiger partial charge in [-0.2, -0.15) is 5.10 Å². The first-order valence-electron chi connectivity index (χ1n) is 9.00. The number of likely N-dealkylation sites (N-methyl/N-ethyl adjacent to an activating group) is 1. The van der Waals surface area contributed by atoms with Crippen molar-refractivity contribution in [1.29, 1.82) is 0 Å². The summed E-state index contributed by atoms with van der Waals surface area (Å²) in [7, 11) is 2.05. The molecule has 4 heterocycles. The standard InChI is InChI=1S/C20H18N6O2/c1-13-16(15-5-3-6-17-18(15)28-10-9-24(17)2)11-14-12-23-26(20(27)25(13)14)19-21-7-4-8-22-19/h3-8,11-12H,9-10H2,1-2H3. The van der Waals surface area contributed by atoms with Gasteiger partial charge in [0.05, 0.1) is 23.9 Å². The third-order valence-corrected chi connectivity index (χ3v) is 5.06. The summed E-state index contributed by atoms with van der Waals surface area (Å²) >= 11 is 0. The minimum atomic E-state index is -0.310. The molecule has 0 N–H and O–H groups in total. The molecular weight excluding hydrogens is 356 g/mol. The third-order valence-electron chi connectivity index (χ3n) is 5.06. The van der Waals surface area contributed by atoms with Crippen molar-refractivity contribution < 1.29 is 4.74 Å². The largest absolute Gasteiger partial charge is 0.489 e. The zero-order chi connectivity index (χ0) is 19.3. The number of aromatic nitrogens is 5. The summed E-state index contributed by atoms with van der Waals surface area (Å²) in [5.41, 5.74) is 4.18. The van der Waals surface area contributed by atoms with Crippen LogP contribution in [0.3, 0.4) is 0 Å². The lowest BCUT2D eigenvalue weighted by molar-refractivity contribution is 0.312. The topological polar surface area (TPSA) is 77.5 Å². The van der Waals surface area contributed by atoms with E-state index in [4.69, 9.17) is 4.74 Å². The molecule has 0 aliphatic carbocycles. The predicted octanol–water partition coefficient (Wildman–Crippen LogP) is 2.08. The van der Waals surface area contributed by atoms with E-state index in [0.29, 0.717) is 12.1 Å². The average Bonchev–Trinajstić information content (AvgIpc) is 3.06. The van der Waals surface area contributed by atoms with Crippen LogP contribution >= 0.6 is 0 Å². The Morgan fingerprint density at radius 2 is 1.93 bits per heavy atom. The minimum Gasteiger partial charge on any atom is -0.489 e. The zero-order valence-corrected chi connectivity index (χ0v) is 15.5. The second-order valence-electron chi connectivity index (χ2n) is 6.72. The van der Waals surface area contributed by atoms with Gasteiger partial charge in [0.2, 0.25) is 0 Å². The van der Waals surface area contributed by atoms with Crippen molar-refractivity contribution in [3.63, 3.8) is 0 Å². The number of rotatable bonds is 2. The molecule has 0 amide bonds. The van der Waals surface area contributed by atoms with Gasteiger partial charge >= 0.3 is 5.69 Å². The summed E-state index contributed by atoms with van der Waals surface area (Å²) in [5, 5.41) is 4.24. The lowest BCUT2D eigenvalue weighted by Gasteiger charge is -2.29. The Morgan fingerprint density at radius 1 is 1.11 bits per heavy atom. The molecule has 1 aliphatic rings. The maximum Gasteiger partial charge on any atom is 0.356 e. The quantitative estimate of drug-likeness (QED) is 0.535. The fourth-order valence-electron chi connectivity index (χ4n) is 3.65. The molecule has 0 bridgehead atoms. The highest BCUT2D eigenvalue weighted by atomic mass is 16.5. The first-order chi connectivity index (χ1) is 13.6. The summed E-state index contributed by atoms with van der Waals surface area (Å²) in [6.45, 7) is 3.40. The fourth-order valence-corrected chi connectivity index (χ4v) is 3.65. The molecule has 1 aromatic carbocycles. The molecule has 1 aliphatic heterocycles. The van der Waals surface area contributed by atoms with Gasteiger partial charge in [-0.3, -0.25) is 4.40 Å². The second kappa shape index (κ2) is 6.19. The van der Waals surface area contributed by atoms with Crippen molar-refractivity contribution in [2.75, 3.05) is 25.1 Å². The molecule has 0 atom stereocenters. The molecule has 0 saturated carbocycles. The van der Waals surface area contributed by atoms with Crippen molar-refractivity contribution in [3.05, 3.63) is 65.1 Å². The van der Waals surface area contributed by atoms with E-state index in [0.717, 1.165) is 34.8 Å². The summed E-state index contributed by atoms with van der Waals surface area (Å²) < 4.78 is 8.82. The van der Waals surface area contributed by atoms with Crippen LogP contribution in [-0.2, 0) is 0 Å². The van der Waals surface area contributed by atoms with Crippen LogP contribution in [0.2, 0.25) is 0 Å².